The molecule has 1 aromatic heterocycles. The van der Waals surface area contributed by atoms with Gasteiger partial charge in [-0.15, -0.1) is 0 Å². The van der Waals surface area contributed by atoms with E-state index in [9.17, 15) is 0 Å². The summed E-state index contributed by atoms with van der Waals surface area (Å²) in [6, 6.07) is 11.2. The van der Waals surface area contributed by atoms with Crippen LogP contribution in [0.3, 0.4) is 0 Å². The van der Waals surface area contributed by atoms with Crippen LogP contribution in [0.15, 0.2) is 54.0 Å². The van der Waals surface area contributed by atoms with Crippen LogP contribution in [-0.4, -0.2) is 53.1 Å². The SMILES string of the molecule is CN=C(NCCn1ccnc1)NC1CCN(Cc2ccccc2)CC1. The van der Waals surface area contributed by atoms with Crippen LogP contribution < -0.4 is 10.6 Å². The van der Waals surface area contributed by atoms with Gasteiger partial charge in [0.1, 0.15) is 0 Å². The number of hydrogen-bond donors (Lipinski definition) is 2. The summed E-state index contributed by atoms with van der Waals surface area (Å²) in [6.45, 7) is 5.02. The van der Waals surface area contributed by atoms with Gasteiger partial charge in [0, 0.05) is 58.2 Å². The van der Waals surface area contributed by atoms with Gasteiger partial charge in [-0.3, -0.25) is 9.89 Å². The fourth-order valence-corrected chi connectivity index (χ4v) is 3.19. The number of nitrogens with zero attached hydrogens (tertiary/aromatic N) is 4. The minimum atomic E-state index is 0.492. The Morgan fingerprint density at radius 3 is 2.72 bits per heavy atom. The maximum atomic E-state index is 4.34. The minimum Gasteiger partial charge on any atom is -0.355 e. The summed E-state index contributed by atoms with van der Waals surface area (Å²) in [6.07, 6.45) is 7.90. The average molecular weight is 340 g/mol. The van der Waals surface area contributed by atoms with Gasteiger partial charge in [-0.1, -0.05) is 30.3 Å². The Morgan fingerprint density at radius 2 is 2.04 bits per heavy atom. The van der Waals surface area contributed by atoms with Gasteiger partial charge in [0.25, 0.3) is 0 Å². The van der Waals surface area contributed by atoms with Gasteiger partial charge >= 0.3 is 0 Å². The number of benzene rings is 1. The zero-order valence-corrected chi connectivity index (χ0v) is 14.9. The summed E-state index contributed by atoms with van der Waals surface area (Å²) in [7, 11) is 1.83. The molecule has 1 aromatic carbocycles. The molecule has 0 aliphatic carbocycles. The standard InChI is InChI=1S/C19H28N6/c1-20-19(22-10-14-25-13-9-21-16-25)23-18-7-11-24(12-8-18)15-17-5-3-2-4-6-17/h2-6,9,13,16,18H,7-8,10-12,14-15H2,1H3,(H2,20,22,23). The second kappa shape index (κ2) is 9.22. The molecule has 0 spiro atoms. The smallest absolute Gasteiger partial charge is 0.191 e. The minimum absolute atomic E-state index is 0.492. The topological polar surface area (TPSA) is 57.5 Å². The van der Waals surface area contributed by atoms with Crippen LogP contribution in [0.25, 0.3) is 0 Å². The summed E-state index contributed by atoms with van der Waals surface area (Å²) >= 11 is 0. The van der Waals surface area contributed by atoms with Gasteiger partial charge in [0.2, 0.25) is 0 Å². The Hall–Kier alpha value is -2.34. The van der Waals surface area contributed by atoms with E-state index in [1.54, 1.807) is 6.20 Å². The van der Waals surface area contributed by atoms with Crippen molar-refractivity contribution in [1.82, 2.24) is 25.1 Å². The van der Waals surface area contributed by atoms with Gasteiger partial charge in [-0.2, -0.15) is 0 Å². The van der Waals surface area contributed by atoms with Crippen LogP contribution in [0.1, 0.15) is 18.4 Å². The molecule has 0 radical (unpaired) electrons. The van der Waals surface area contributed by atoms with Crippen LogP contribution >= 0.6 is 0 Å². The third-order valence-corrected chi connectivity index (χ3v) is 4.62. The number of piperidine rings is 1. The number of aromatic nitrogens is 2. The van der Waals surface area contributed by atoms with Crippen molar-refractivity contribution >= 4 is 5.96 Å². The molecule has 1 aliphatic heterocycles. The normalized spacial score (nSPS) is 16.8. The molecule has 3 rings (SSSR count). The van der Waals surface area contributed by atoms with Crippen LogP contribution in [0, 0.1) is 0 Å². The summed E-state index contributed by atoms with van der Waals surface area (Å²) in [5, 5.41) is 6.94. The van der Waals surface area contributed by atoms with E-state index in [0.717, 1.165) is 51.5 Å². The Balaban J connectivity index is 1.37. The molecule has 2 heterocycles. The summed E-state index contributed by atoms with van der Waals surface area (Å²) < 4.78 is 2.06. The fourth-order valence-electron chi connectivity index (χ4n) is 3.19. The van der Waals surface area contributed by atoms with Gasteiger partial charge in [0.15, 0.2) is 5.96 Å². The van der Waals surface area contributed by atoms with Crippen molar-refractivity contribution in [2.24, 2.45) is 4.99 Å². The molecular formula is C19H28N6. The molecule has 2 N–H and O–H groups in total. The van der Waals surface area contributed by atoms with Crippen molar-refractivity contribution in [3.05, 3.63) is 54.6 Å². The highest BCUT2D eigenvalue weighted by Gasteiger charge is 2.19. The molecule has 1 fully saturated rings. The molecule has 25 heavy (non-hydrogen) atoms. The predicted octanol–water partition coefficient (Wildman–Crippen LogP) is 1.71. The van der Waals surface area contributed by atoms with E-state index < -0.39 is 0 Å². The lowest BCUT2D eigenvalue weighted by Crippen LogP contribution is -2.48. The largest absolute Gasteiger partial charge is 0.355 e. The predicted molar refractivity (Wildman–Crippen MR) is 101 cm³/mol. The van der Waals surface area contributed by atoms with Crippen molar-refractivity contribution in [3.63, 3.8) is 0 Å². The molecule has 1 aliphatic rings. The number of guanidine groups is 1. The van der Waals surface area contributed by atoms with E-state index in [1.165, 1.54) is 5.56 Å². The monoisotopic (exact) mass is 340 g/mol. The van der Waals surface area contributed by atoms with Gasteiger partial charge < -0.3 is 15.2 Å². The average Bonchev–Trinajstić information content (AvgIpc) is 3.17. The Morgan fingerprint density at radius 1 is 1.24 bits per heavy atom. The second-order valence-electron chi connectivity index (χ2n) is 6.48. The molecule has 6 nitrogen and oxygen atoms in total. The first-order valence-electron chi connectivity index (χ1n) is 9.02. The lowest BCUT2D eigenvalue weighted by Gasteiger charge is -2.33. The van der Waals surface area contributed by atoms with Crippen LogP contribution in [0.5, 0.6) is 0 Å². The zero-order chi connectivity index (χ0) is 17.3. The number of imidazole rings is 1. The molecule has 1 saturated heterocycles. The lowest BCUT2D eigenvalue weighted by atomic mass is 10.0. The first kappa shape index (κ1) is 17.5. The van der Waals surface area contributed by atoms with E-state index in [4.69, 9.17) is 0 Å². The zero-order valence-electron chi connectivity index (χ0n) is 14.9. The van der Waals surface area contributed by atoms with Crippen molar-refractivity contribution in [2.45, 2.75) is 32.0 Å². The van der Waals surface area contributed by atoms with Crippen LogP contribution in [0.4, 0.5) is 0 Å². The van der Waals surface area contributed by atoms with E-state index >= 15 is 0 Å². The number of aliphatic imine (C=N–C) groups is 1. The van der Waals surface area contributed by atoms with Crippen molar-refractivity contribution in [2.75, 3.05) is 26.7 Å². The number of rotatable bonds is 6. The van der Waals surface area contributed by atoms with E-state index in [-0.39, 0.29) is 0 Å². The van der Waals surface area contributed by atoms with Gasteiger partial charge in [0.05, 0.1) is 6.33 Å². The van der Waals surface area contributed by atoms with Gasteiger partial charge in [-0.25, -0.2) is 4.98 Å². The maximum Gasteiger partial charge on any atom is 0.191 e. The lowest BCUT2D eigenvalue weighted by molar-refractivity contribution is 0.198. The molecule has 0 unspecified atom stereocenters. The Bertz CT molecular complexity index is 629. The van der Waals surface area contributed by atoms with Crippen molar-refractivity contribution < 1.29 is 0 Å². The summed E-state index contributed by atoms with van der Waals surface area (Å²) in [5.41, 5.74) is 1.39. The van der Waals surface area contributed by atoms with Crippen molar-refractivity contribution in [1.29, 1.82) is 0 Å². The van der Waals surface area contributed by atoms with Crippen molar-refractivity contribution in [3.8, 4) is 0 Å². The summed E-state index contributed by atoms with van der Waals surface area (Å²) in [5.74, 6) is 0.890. The molecule has 0 bridgehead atoms. The highest BCUT2D eigenvalue weighted by atomic mass is 15.2. The van der Waals surface area contributed by atoms with E-state index in [0.29, 0.717) is 6.04 Å². The molecule has 0 amide bonds. The van der Waals surface area contributed by atoms with E-state index in [2.05, 4.69) is 60.4 Å². The Labute approximate surface area is 150 Å². The summed E-state index contributed by atoms with van der Waals surface area (Å²) in [4.78, 5) is 10.9. The number of nitrogens with one attached hydrogen (secondary N) is 2. The van der Waals surface area contributed by atoms with Crippen LogP contribution in [-0.2, 0) is 13.1 Å². The third-order valence-electron chi connectivity index (χ3n) is 4.62. The second-order valence-corrected chi connectivity index (χ2v) is 6.48. The highest BCUT2D eigenvalue weighted by Crippen LogP contribution is 2.13. The molecule has 0 atom stereocenters. The fraction of sp³-hybridized carbons (Fsp3) is 0.474. The van der Waals surface area contributed by atoms with Gasteiger partial charge in [-0.05, 0) is 18.4 Å². The highest BCUT2D eigenvalue weighted by molar-refractivity contribution is 5.79. The molecule has 134 valence electrons. The van der Waals surface area contributed by atoms with Crippen LogP contribution in [0.2, 0.25) is 0 Å². The quantitative estimate of drug-likeness (QED) is 0.621. The number of likely N-dealkylation sites (tertiary alicyclic amines) is 1. The first-order valence-corrected chi connectivity index (χ1v) is 9.02. The van der Waals surface area contributed by atoms with E-state index in [1.807, 2.05) is 19.6 Å². The molecule has 0 saturated carbocycles. The molecule has 2 aromatic rings. The Kier molecular flexibility index (Phi) is 6.45. The maximum absolute atomic E-state index is 4.34. The number of hydrogen-bond acceptors (Lipinski definition) is 3. The third kappa shape index (κ3) is 5.60. The molecule has 6 heteroatoms. The molecular weight excluding hydrogens is 312 g/mol. The first-order chi connectivity index (χ1) is 12.3.